The van der Waals surface area contributed by atoms with Crippen LogP contribution in [0, 0.1) is 5.82 Å². The molecule has 10 nitrogen and oxygen atoms in total. The van der Waals surface area contributed by atoms with E-state index in [0.29, 0.717) is 43.0 Å². The van der Waals surface area contributed by atoms with Crippen LogP contribution in [0.25, 0.3) is 10.8 Å². The average Bonchev–Trinajstić information content (AvgIpc) is 3.74. The van der Waals surface area contributed by atoms with E-state index >= 15 is 4.39 Å². The van der Waals surface area contributed by atoms with Gasteiger partial charge in [0.25, 0.3) is 11.5 Å². The van der Waals surface area contributed by atoms with Gasteiger partial charge in [-0.05, 0) is 93.8 Å². The van der Waals surface area contributed by atoms with Gasteiger partial charge in [0.1, 0.15) is 17.1 Å². The molecule has 3 heterocycles. The highest BCUT2D eigenvalue weighted by molar-refractivity contribution is 6.30. The fraction of sp³-hybridized carbons (Fsp3) is 0.455. The third-order valence-electron chi connectivity index (χ3n) is 8.93. The third-order valence-corrected chi connectivity index (χ3v) is 9.17. The number of pyridine rings is 1. The van der Waals surface area contributed by atoms with Crippen molar-refractivity contribution in [3.63, 3.8) is 0 Å². The molecular weight excluding hydrogens is 601 g/mol. The van der Waals surface area contributed by atoms with Crippen molar-refractivity contribution >= 4 is 46.0 Å². The molecule has 0 radical (unpaired) electrons. The van der Waals surface area contributed by atoms with Crippen molar-refractivity contribution in [2.75, 3.05) is 38.0 Å². The molecule has 238 valence electrons. The molecule has 1 saturated carbocycles. The number of ether oxygens (including phenoxy) is 1. The zero-order valence-corrected chi connectivity index (χ0v) is 26.6. The van der Waals surface area contributed by atoms with E-state index in [-0.39, 0.29) is 41.2 Å². The molecule has 2 aromatic carbocycles. The molecule has 2 N–H and O–H groups in total. The molecular formula is C33H37ClFN5O5. The first-order valence-electron chi connectivity index (χ1n) is 15.2. The van der Waals surface area contributed by atoms with Crippen LogP contribution in [-0.2, 0) is 16.0 Å². The lowest BCUT2D eigenvalue weighted by atomic mass is 9.93. The Morgan fingerprint density at radius 2 is 1.87 bits per heavy atom. The SMILES string of the molecule is C[C@H]1c2ccc(Cl)cc2CCN1C(=O)CNc1cc2cc(C(=O)N3CCN(C(=O)OC(C)(C)C)CC34CC4)[nH]c(=O)c2cc1F. The lowest BCUT2D eigenvalue weighted by Gasteiger charge is -2.42. The Kier molecular flexibility index (Phi) is 7.79. The molecule has 1 aliphatic carbocycles. The lowest BCUT2D eigenvalue weighted by Crippen LogP contribution is -2.59. The standard InChI is InChI=1S/C33H37ClFN5O5/c1-19-23-6-5-22(34)13-20(23)7-10-39(19)28(41)17-36-26-14-21-15-27(37-29(42)24(21)16-25(26)35)30(43)40-12-11-38(18-33(40)8-9-33)31(44)45-32(2,3)4/h5-6,13-16,19,36H,7-12,17-18H2,1-4H3,(H,37,42)/t19-/m0/s1. The maximum atomic E-state index is 15.1. The van der Waals surface area contributed by atoms with Crippen molar-refractivity contribution in [1.29, 1.82) is 0 Å². The molecule has 0 bridgehead atoms. The van der Waals surface area contributed by atoms with Gasteiger partial charge < -0.3 is 29.7 Å². The molecule has 0 unspecified atom stereocenters. The number of anilines is 1. The summed E-state index contributed by atoms with van der Waals surface area (Å²) in [6, 6.07) is 9.61. The summed E-state index contributed by atoms with van der Waals surface area (Å²) in [6.07, 6.45) is 1.73. The molecule has 1 atom stereocenters. The first kappa shape index (κ1) is 30.9. The number of benzene rings is 2. The summed E-state index contributed by atoms with van der Waals surface area (Å²) in [5.41, 5.74) is 0.564. The molecule has 1 spiro atoms. The summed E-state index contributed by atoms with van der Waals surface area (Å²) in [5, 5.41) is 4.02. The molecule has 3 aromatic rings. The Morgan fingerprint density at radius 1 is 1.11 bits per heavy atom. The van der Waals surface area contributed by atoms with Gasteiger partial charge in [0.2, 0.25) is 5.91 Å². The van der Waals surface area contributed by atoms with Crippen LogP contribution in [-0.4, -0.2) is 81.5 Å². The Hall–Kier alpha value is -4.12. The van der Waals surface area contributed by atoms with E-state index in [2.05, 4.69) is 10.3 Å². The van der Waals surface area contributed by atoms with Gasteiger partial charge in [-0.1, -0.05) is 17.7 Å². The second kappa shape index (κ2) is 11.3. The minimum Gasteiger partial charge on any atom is -0.444 e. The smallest absolute Gasteiger partial charge is 0.410 e. The number of aromatic nitrogens is 1. The highest BCUT2D eigenvalue weighted by Gasteiger charge is 2.54. The third kappa shape index (κ3) is 6.10. The molecule has 2 aliphatic heterocycles. The number of halogens is 2. The molecule has 12 heteroatoms. The number of H-pyrrole nitrogens is 1. The molecule has 1 aromatic heterocycles. The Morgan fingerprint density at radius 3 is 2.58 bits per heavy atom. The number of hydrogen-bond donors (Lipinski definition) is 2. The number of fused-ring (bicyclic) bond motifs is 2. The summed E-state index contributed by atoms with van der Waals surface area (Å²) in [4.78, 5) is 60.3. The van der Waals surface area contributed by atoms with Crippen molar-refractivity contribution in [3.8, 4) is 0 Å². The van der Waals surface area contributed by atoms with Crippen LogP contribution in [0.2, 0.25) is 5.02 Å². The van der Waals surface area contributed by atoms with E-state index in [9.17, 15) is 19.2 Å². The fourth-order valence-electron chi connectivity index (χ4n) is 6.45. The predicted molar refractivity (Wildman–Crippen MR) is 169 cm³/mol. The van der Waals surface area contributed by atoms with Crippen LogP contribution in [0.3, 0.4) is 0 Å². The van der Waals surface area contributed by atoms with Crippen LogP contribution >= 0.6 is 11.6 Å². The lowest BCUT2D eigenvalue weighted by molar-refractivity contribution is -0.131. The van der Waals surface area contributed by atoms with Gasteiger partial charge in [-0.25, -0.2) is 9.18 Å². The van der Waals surface area contributed by atoms with Crippen LogP contribution < -0.4 is 10.9 Å². The zero-order chi connectivity index (χ0) is 32.3. The topological polar surface area (TPSA) is 115 Å². The Labute approximate surface area is 265 Å². The summed E-state index contributed by atoms with van der Waals surface area (Å²) in [7, 11) is 0. The molecule has 3 aliphatic rings. The van der Waals surface area contributed by atoms with Crippen LogP contribution in [0.4, 0.5) is 14.9 Å². The van der Waals surface area contributed by atoms with Gasteiger partial charge in [-0.15, -0.1) is 0 Å². The van der Waals surface area contributed by atoms with Gasteiger partial charge in [0, 0.05) is 31.2 Å². The molecule has 2 fully saturated rings. The van der Waals surface area contributed by atoms with Crippen LogP contribution in [0.1, 0.15) is 68.2 Å². The molecule has 3 amide bonds. The van der Waals surface area contributed by atoms with E-state index in [4.69, 9.17) is 16.3 Å². The number of carbonyl (C=O) groups excluding carboxylic acids is 3. The van der Waals surface area contributed by atoms with Crippen molar-refractivity contribution < 1.29 is 23.5 Å². The van der Waals surface area contributed by atoms with Crippen LogP contribution in [0.15, 0.2) is 41.2 Å². The minimum atomic E-state index is -0.679. The maximum absolute atomic E-state index is 15.1. The molecule has 1 saturated heterocycles. The predicted octanol–water partition coefficient (Wildman–Crippen LogP) is 5.10. The number of piperazine rings is 1. The monoisotopic (exact) mass is 637 g/mol. The Balaban J connectivity index is 1.17. The van der Waals surface area contributed by atoms with Crippen molar-refractivity contribution in [1.82, 2.24) is 19.7 Å². The van der Waals surface area contributed by atoms with Gasteiger partial charge in [-0.2, -0.15) is 0 Å². The second-order valence-electron chi connectivity index (χ2n) is 13.2. The quantitative estimate of drug-likeness (QED) is 0.411. The van der Waals surface area contributed by atoms with Crippen molar-refractivity contribution in [2.45, 2.75) is 64.1 Å². The first-order chi connectivity index (χ1) is 21.2. The maximum Gasteiger partial charge on any atom is 0.410 e. The van der Waals surface area contributed by atoms with Gasteiger partial charge in [0.15, 0.2) is 0 Å². The van der Waals surface area contributed by atoms with E-state index in [1.54, 1.807) is 14.7 Å². The Bertz CT molecular complexity index is 1760. The van der Waals surface area contributed by atoms with Crippen molar-refractivity contribution in [3.05, 3.63) is 74.4 Å². The number of rotatable bonds is 4. The second-order valence-corrected chi connectivity index (χ2v) is 13.7. The highest BCUT2D eigenvalue weighted by atomic mass is 35.5. The first-order valence-corrected chi connectivity index (χ1v) is 15.6. The van der Waals surface area contributed by atoms with Crippen molar-refractivity contribution in [2.24, 2.45) is 0 Å². The zero-order valence-electron chi connectivity index (χ0n) is 25.8. The number of nitrogens with one attached hydrogen (secondary N) is 2. The largest absolute Gasteiger partial charge is 0.444 e. The van der Waals surface area contributed by atoms with Crippen LogP contribution in [0.5, 0.6) is 0 Å². The summed E-state index contributed by atoms with van der Waals surface area (Å²) in [5.74, 6) is -1.23. The summed E-state index contributed by atoms with van der Waals surface area (Å²) < 4.78 is 20.6. The van der Waals surface area contributed by atoms with E-state index in [1.807, 2.05) is 45.9 Å². The normalized spacial score (nSPS) is 19.0. The van der Waals surface area contributed by atoms with Gasteiger partial charge in [0.05, 0.1) is 29.2 Å². The molecule has 6 rings (SSSR count). The van der Waals surface area contributed by atoms with E-state index < -0.39 is 28.6 Å². The minimum absolute atomic E-state index is 0.0568. The number of aromatic amines is 1. The van der Waals surface area contributed by atoms with Gasteiger partial charge >= 0.3 is 6.09 Å². The number of nitrogens with zero attached hydrogens (tertiary/aromatic N) is 3. The summed E-state index contributed by atoms with van der Waals surface area (Å²) in [6.45, 7) is 8.71. The average molecular weight is 638 g/mol. The van der Waals surface area contributed by atoms with E-state index in [1.165, 1.54) is 12.1 Å². The number of amides is 3. The fourth-order valence-corrected chi connectivity index (χ4v) is 6.64. The number of hydrogen-bond acceptors (Lipinski definition) is 6. The number of carbonyl (C=O) groups is 3. The molecule has 45 heavy (non-hydrogen) atoms. The summed E-state index contributed by atoms with van der Waals surface area (Å²) >= 11 is 6.14. The van der Waals surface area contributed by atoms with Gasteiger partial charge in [-0.3, -0.25) is 14.4 Å². The highest BCUT2D eigenvalue weighted by Crippen LogP contribution is 2.45. The van der Waals surface area contributed by atoms with E-state index in [0.717, 1.165) is 30.0 Å².